The van der Waals surface area contributed by atoms with Gasteiger partial charge in [0.15, 0.2) is 0 Å². The lowest BCUT2D eigenvalue weighted by atomic mass is 9.91. The summed E-state index contributed by atoms with van der Waals surface area (Å²) >= 11 is 0. The van der Waals surface area contributed by atoms with Gasteiger partial charge < -0.3 is 15.0 Å². The van der Waals surface area contributed by atoms with Crippen molar-refractivity contribution in [2.45, 2.75) is 32.3 Å². The van der Waals surface area contributed by atoms with Gasteiger partial charge in [0.1, 0.15) is 0 Å². The second-order valence-electron chi connectivity index (χ2n) is 4.10. The van der Waals surface area contributed by atoms with Crippen molar-refractivity contribution >= 4 is 0 Å². The van der Waals surface area contributed by atoms with Gasteiger partial charge in [-0.15, -0.1) is 0 Å². The fourth-order valence-electron chi connectivity index (χ4n) is 2.16. The molecule has 0 aromatic rings. The third kappa shape index (κ3) is 2.94. The molecule has 0 aromatic heterocycles. The van der Waals surface area contributed by atoms with Crippen LogP contribution >= 0.6 is 0 Å². The van der Waals surface area contributed by atoms with Crippen LogP contribution in [0.2, 0.25) is 0 Å². The van der Waals surface area contributed by atoms with Crippen LogP contribution in [-0.4, -0.2) is 50.3 Å². The van der Waals surface area contributed by atoms with Gasteiger partial charge in [-0.2, -0.15) is 0 Å². The summed E-state index contributed by atoms with van der Waals surface area (Å²) in [6.45, 7) is 9.94. The molecule has 1 aliphatic rings. The topological polar surface area (TPSA) is 24.5 Å². The van der Waals surface area contributed by atoms with Crippen LogP contribution in [0.5, 0.6) is 0 Å². The summed E-state index contributed by atoms with van der Waals surface area (Å²) in [5, 5.41) is 3.38. The fraction of sp³-hybridized carbons (Fsp3) is 1.00. The number of likely N-dealkylation sites (N-methyl/N-ethyl adjacent to an activating group) is 1. The first-order valence-electron chi connectivity index (χ1n) is 5.74. The highest BCUT2D eigenvalue weighted by molar-refractivity contribution is 4.88. The van der Waals surface area contributed by atoms with E-state index in [1.807, 2.05) is 7.11 Å². The minimum Gasteiger partial charge on any atom is -0.377 e. The molecule has 0 bridgehead atoms. The summed E-state index contributed by atoms with van der Waals surface area (Å²) in [5.74, 6) is 0. The van der Waals surface area contributed by atoms with Gasteiger partial charge in [-0.1, -0.05) is 13.8 Å². The van der Waals surface area contributed by atoms with Crippen molar-refractivity contribution in [3.05, 3.63) is 0 Å². The molecular formula is C11H24N2O. The maximum Gasteiger partial charge on any atom is 0.0829 e. The zero-order valence-electron chi connectivity index (χ0n) is 9.81. The largest absolute Gasteiger partial charge is 0.377 e. The molecule has 0 aromatic carbocycles. The van der Waals surface area contributed by atoms with Crippen LogP contribution in [0.15, 0.2) is 0 Å². The van der Waals surface area contributed by atoms with Crippen molar-refractivity contribution in [3.8, 4) is 0 Å². The first-order chi connectivity index (χ1) is 6.76. The molecule has 84 valence electrons. The number of nitrogens with zero attached hydrogens (tertiary/aromatic N) is 1. The minimum atomic E-state index is 0.108. The second-order valence-corrected chi connectivity index (χ2v) is 4.10. The molecule has 1 saturated heterocycles. The monoisotopic (exact) mass is 200 g/mol. The number of rotatable bonds is 5. The summed E-state index contributed by atoms with van der Waals surface area (Å²) in [7, 11) is 1.86. The third-order valence-electron chi connectivity index (χ3n) is 3.35. The fourth-order valence-corrected chi connectivity index (χ4v) is 2.16. The van der Waals surface area contributed by atoms with E-state index in [4.69, 9.17) is 4.74 Å². The van der Waals surface area contributed by atoms with Gasteiger partial charge in [-0.25, -0.2) is 0 Å². The van der Waals surface area contributed by atoms with E-state index in [-0.39, 0.29) is 5.60 Å². The predicted molar refractivity (Wildman–Crippen MR) is 59.6 cm³/mol. The van der Waals surface area contributed by atoms with Gasteiger partial charge in [0.25, 0.3) is 0 Å². The molecule has 1 N–H and O–H groups in total. The summed E-state index contributed by atoms with van der Waals surface area (Å²) in [6, 6.07) is 0. The van der Waals surface area contributed by atoms with Crippen molar-refractivity contribution in [3.63, 3.8) is 0 Å². The van der Waals surface area contributed by atoms with Crippen molar-refractivity contribution in [1.29, 1.82) is 0 Å². The lowest BCUT2D eigenvalue weighted by Gasteiger charge is -2.39. The first-order valence-corrected chi connectivity index (χ1v) is 5.74. The molecule has 1 heterocycles. The first kappa shape index (κ1) is 12.0. The van der Waals surface area contributed by atoms with Gasteiger partial charge >= 0.3 is 0 Å². The van der Waals surface area contributed by atoms with Crippen LogP contribution in [0.3, 0.4) is 0 Å². The zero-order valence-corrected chi connectivity index (χ0v) is 9.81. The number of piperidine rings is 1. The Morgan fingerprint density at radius 3 is 2.21 bits per heavy atom. The average Bonchev–Trinajstić information content (AvgIpc) is 2.27. The van der Waals surface area contributed by atoms with Gasteiger partial charge in [-0.3, -0.25) is 0 Å². The molecule has 1 aliphatic heterocycles. The summed E-state index contributed by atoms with van der Waals surface area (Å²) < 4.78 is 5.73. The van der Waals surface area contributed by atoms with Gasteiger partial charge in [-0.05, 0) is 39.0 Å². The number of nitrogens with one attached hydrogen (secondary N) is 1. The highest BCUT2D eigenvalue weighted by Gasteiger charge is 2.32. The summed E-state index contributed by atoms with van der Waals surface area (Å²) in [5.41, 5.74) is 0.108. The molecule has 14 heavy (non-hydrogen) atoms. The van der Waals surface area contributed by atoms with Gasteiger partial charge in [0.05, 0.1) is 5.60 Å². The molecule has 0 spiro atoms. The van der Waals surface area contributed by atoms with Crippen LogP contribution in [0.1, 0.15) is 26.7 Å². The Labute approximate surface area is 87.8 Å². The summed E-state index contributed by atoms with van der Waals surface area (Å²) in [6.07, 6.45) is 2.28. The van der Waals surface area contributed by atoms with Crippen LogP contribution in [0.25, 0.3) is 0 Å². The quantitative estimate of drug-likeness (QED) is 0.719. The molecule has 0 radical (unpaired) electrons. The third-order valence-corrected chi connectivity index (χ3v) is 3.35. The van der Waals surface area contributed by atoms with Crippen molar-refractivity contribution in [2.24, 2.45) is 0 Å². The van der Waals surface area contributed by atoms with Crippen LogP contribution < -0.4 is 5.32 Å². The maximum atomic E-state index is 5.73. The van der Waals surface area contributed by atoms with E-state index in [0.29, 0.717) is 0 Å². The number of methoxy groups -OCH3 is 1. The Morgan fingerprint density at radius 1 is 1.21 bits per heavy atom. The molecule has 0 aliphatic carbocycles. The van der Waals surface area contributed by atoms with Crippen LogP contribution in [-0.2, 0) is 4.74 Å². The Kier molecular flexibility index (Phi) is 4.85. The molecule has 0 saturated carbocycles. The highest BCUT2D eigenvalue weighted by Crippen LogP contribution is 2.23. The van der Waals surface area contributed by atoms with E-state index in [2.05, 4.69) is 24.1 Å². The van der Waals surface area contributed by atoms with Gasteiger partial charge in [0, 0.05) is 13.7 Å². The Bertz CT molecular complexity index is 151. The molecule has 1 fully saturated rings. The van der Waals surface area contributed by atoms with E-state index < -0.39 is 0 Å². The number of ether oxygens (including phenoxy) is 1. The Morgan fingerprint density at radius 2 is 1.79 bits per heavy atom. The lowest BCUT2D eigenvalue weighted by molar-refractivity contribution is -0.0556. The van der Waals surface area contributed by atoms with E-state index >= 15 is 0 Å². The average molecular weight is 200 g/mol. The minimum absolute atomic E-state index is 0.108. The summed E-state index contributed by atoms with van der Waals surface area (Å²) in [4.78, 5) is 2.45. The van der Waals surface area contributed by atoms with Crippen molar-refractivity contribution in [1.82, 2.24) is 10.2 Å². The van der Waals surface area contributed by atoms with E-state index in [1.54, 1.807) is 0 Å². The standard InChI is InChI=1S/C11H24N2O/c1-4-13(5-2)10-11(14-3)6-8-12-9-7-11/h12H,4-10H2,1-3H3. The zero-order chi connectivity index (χ0) is 10.4. The van der Waals surface area contributed by atoms with E-state index in [0.717, 1.165) is 45.6 Å². The molecule has 3 heteroatoms. The molecule has 0 amide bonds. The number of hydrogen-bond donors (Lipinski definition) is 1. The Hall–Kier alpha value is -0.120. The lowest BCUT2D eigenvalue weighted by Crippen LogP contribution is -2.51. The predicted octanol–water partition coefficient (Wildman–Crippen LogP) is 1.10. The molecule has 0 unspecified atom stereocenters. The van der Waals surface area contributed by atoms with Crippen LogP contribution in [0, 0.1) is 0 Å². The Balaban J connectivity index is 2.50. The smallest absolute Gasteiger partial charge is 0.0829 e. The van der Waals surface area contributed by atoms with E-state index in [9.17, 15) is 0 Å². The maximum absolute atomic E-state index is 5.73. The molecule has 1 rings (SSSR count). The highest BCUT2D eigenvalue weighted by atomic mass is 16.5. The van der Waals surface area contributed by atoms with Crippen LogP contribution in [0.4, 0.5) is 0 Å². The van der Waals surface area contributed by atoms with Gasteiger partial charge in [0.2, 0.25) is 0 Å². The molecule has 0 atom stereocenters. The second kappa shape index (κ2) is 5.69. The van der Waals surface area contributed by atoms with E-state index in [1.165, 1.54) is 0 Å². The molecule has 3 nitrogen and oxygen atoms in total. The van der Waals surface area contributed by atoms with Crippen molar-refractivity contribution in [2.75, 3.05) is 39.8 Å². The van der Waals surface area contributed by atoms with Crippen molar-refractivity contribution < 1.29 is 4.74 Å². The SMILES string of the molecule is CCN(CC)CC1(OC)CCNCC1. The number of hydrogen-bond acceptors (Lipinski definition) is 3. The molecular weight excluding hydrogens is 176 g/mol. The normalized spacial score (nSPS) is 21.4.